The number of nitrogens with zero attached hydrogens (tertiary/aromatic N) is 1. The molecule has 166 valence electrons. The number of rotatable bonds is 9. The van der Waals surface area contributed by atoms with Crippen molar-refractivity contribution in [3.63, 3.8) is 0 Å². The Bertz CT molecular complexity index is 929. The second-order valence-electron chi connectivity index (χ2n) is 6.55. The summed E-state index contributed by atoms with van der Waals surface area (Å²) in [4.78, 5) is 38.0. The molecule has 0 fully saturated rings. The summed E-state index contributed by atoms with van der Waals surface area (Å²) in [6.07, 6.45) is 0. The van der Waals surface area contributed by atoms with Crippen molar-refractivity contribution in [3.8, 4) is 11.5 Å². The lowest BCUT2D eigenvalue weighted by Crippen LogP contribution is -2.37. The molecule has 0 radical (unpaired) electrons. The van der Waals surface area contributed by atoms with E-state index in [2.05, 4.69) is 10.6 Å². The van der Waals surface area contributed by atoms with Gasteiger partial charge in [-0.2, -0.15) is 0 Å². The van der Waals surface area contributed by atoms with E-state index in [0.29, 0.717) is 36.0 Å². The molecule has 31 heavy (non-hydrogen) atoms. The van der Waals surface area contributed by atoms with Crippen LogP contribution in [0.25, 0.3) is 0 Å². The molecule has 0 heterocycles. The van der Waals surface area contributed by atoms with Gasteiger partial charge in [0, 0.05) is 31.5 Å². The molecule has 0 aliphatic heterocycles. The summed E-state index contributed by atoms with van der Waals surface area (Å²) < 4.78 is 15.9. The lowest BCUT2D eigenvalue weighted by molar-refractivity contribution is -0.123. The van der Waals surface area contributed by atoms with E-state index in [4.69, 9.17) is 14.2 Å². The van der Waals surface area contributed by atoms with Gasteiger partial charge in [0.2, 0.25) is 0 Å². The molecule has 9 heteroatoms. The number of imide groups is 1. The van der Waals surface area contributed by atoms with Crippen molar-refractivity contribution in [1.29, 1.82) is 0 Å². The van der Waals surface area contributed by atoms with Gasteiger partial charge in [0.1, 0.15) is 0 Å². The predicted molar refractivity (Wildman–Crippen MR) is 117 cm³/mol. The number of anilines is 2. The summed E-state index contributed by atoms with van der Waals surface area (Å²) in [6, 6.07) is 10.9. The van der Waals surface area contributed by atoms with Gasteiger partial charge in [0.15, 0.2) is 18.1 Å². The first-order chi connectivity index (χ1) is 14.8. The summed E-state index contributed by atoms with van der Waals surface area (Å²) in [5.74, 6) is -0.392. The lowest BCUT2D eigenvalue weighted by atomic mass is 10.2. The molecule has 0 unspecified atom stereocenters. The Hall–Kier alpha value is -3.75. The molecule has 0 saturated heterocycles. The molecule has 0 aromatic heterocycles. The maximum absolute atomic E-state index is 12.1. The van der Waals surface area contributed by atoms with Crippen molar-refractivity contribution in [2.24, 2.45) is 0 Å². The molecule has 2 rings (SSSR count). The van der Waals surface area contributed by atoms with Crippen LogP contribution in [0.1, 0.15) is 24.2 Å². The first-order valence-corrected chi connectivity index (χ1v) is 9.79. The number of esters is 1. The van der Waals surface area contributed by atoms with Crippen LogP contribution in [-0.4, -0.2) is 51.8 Å². The zero-order valence-corrected chi connectivity index (χ0v) is 18.1. The second kappa shape index (κ2) is 11.4. The fraction of sp³-hybridized carbons (Fsp3) is 0.318. The minimum Gasteiger partial charge on any atom is -0.490 e. The first-order valence-electron chi connectivity index (χ1n) is 9.79. The van der Waals surface area contributed by atoms with Crippen molar-refractivity contribution in [1.82, 2.24) is 5.32 Å². The van der Waals surface area contributed by atoms with Gasteiger partial charge in [-0.25, -0.2) is 9.59 Å². The van der Waals surface area contributed by atoms with E-state index in [1.54, 1.807) is 36.4 Å². The molecule has 2 aromatic rings. The minimum absolute atomic E-state index is 0.307. The van der Waals surface area contributed by atoms with Gasteiger partial charge in [0.05, 0.1) is 18.8 Å². The van der Waals surface area contributed by atoms with E-state index in [-0.39, 0.29) is 0 Å². The van der Waals surface area contributed by atoms with Crippen LogP contribution in [0, 0.1) is 0 Å². The van der Waals surface area contributed by atoms with Crippen molar-refractivity contribution >= 4 is 29.3 Å². The van der Waals surface area contributed by atoms with Crippen LogP contribution >= 0.6 is 0 Å². The SMILES string of the molecule is CCOc1ccc(NC(=O)NC(=O)COC(=O)c2cccc(N(C)C)c2)cc1OCC. The first kappa shape index (κ1) is 23.5. The fourth-order valence-electron chi connectivity index (χ4n) is 2.58. The standard InChI is InChI=1S/C22H27N3O6/c1-5-29-18-11-10-16(13-19(18)30-6-2)23-22(28)24-20(26)14-31-21(27)15-8-7-9-17(12-15)25(3)4/h7-13H,5-6,14H2,1-4H3,(H2,23,24,26,28). The number of hydrogen-bond acceptors (Lipinski definition) is 7. The molecule has 0 saturated carbocycles. The van der Waals surface area contributed by atoms with Crippen molar-refractivity contribution in [2.45, 2.75) is 13.8 Å². The number of hydrogen-bond donors (Lipinski definition) is 2. The number of carbonyl (C=O) groups is 3. The molecular formula is C22H27N3O6. The van der Waals surface area contributed by atoms with E-state index >= 15 is 0 Å². The summed E-state index contributed by atoms with van der Waals surface area (Å²) in [5, 5.41) is 4.64. The Labute approximate surface area is 181 Å². The van der Waals surface area contributed by atoms with Crippen LogP contribution < -0.4 is 25.0 Å². The number of nitrogens with one attached hydrogen (secondary N) is 2. The fourth-order valence-corrected chi connectivity index (χ4v) is 2.58. The normalized spacial score (nSPS) is 10.1. The van der Waals surface area contributed by atoms with Crippen LogP contribution in [0.15, 0.2) is 42.5 Å². The zero-order valence-electron chi connectivity index (χ0n) is 18.1. The van der Waals surface area contributed by atoms with Gasteiger partial charge in [-0.15, -0.1) is 0 Å². The van der Waals surface area contributed by atoms with Crippen molar-refractivity contribution < 1.29 is 28.6 Å². The van der Waals surface area contributed by atoms with Crippen LogP contribution in [0.5, 0.6) is 11.5 Å². The zero-order chi connectivity index (χ0) is 22.8. The molecule has 2 N–H and O–H groups in total. The Morgan fingerprint density at radius 1 is 0.935 bits per heavy atom. The third kappa shape index (κ3) is 7.22. The Kier molecular flexibility index (Phi) is 8.68. The third-order valence-electron chi connectivity index (χ3n) is 3.99. The average molecular weight is 429 g/mol. The maximum atomic E-state index is 12.1. The van der Waals surface area contributed by atoms with Crippen LogP contribution in [0.4, 0.5) is 16.2 Å². The lowest BCUT2D eigenvalue weighted by Gasteiger charge is -2.13. The highest BCUT2D eigenvalue weighted by molar-refractivity contribution is 6.02. The quantitative estimate of drug-likeness (QED) is 0.590. The van der Waals surface area contributed by atoms with Gasteiger partial charge in [-0.3, -0.25) is 10.1 Å². The molecule has 0 aliphatic rings. The van der Waals surface area contributed by atoms with Crippen LogP contribution in [0.2, 0.25) is 0 Å². The summed E-state index contributed by atoms with van der Waals surface area (Å²) in [5.41, 5.74) is 1.54. The highest BCUT2D eigenvalue weighted by Gasteiger charge is 2.14. The van der Waals surface area contributed by atoms with Gasteiger partial charge >= 0.3 is 12.0 Å². The highest BCUT2D eigenvalue weighted by atomic mass is 16.5. The largest absolute Gasteiger partial charge is 0.490 e. The summed E-state index contributed by atoms with van der Waals surface area (Å²) >= 11 is 0. The van der Waals surface area contributed by atoms with E-state index in [1.807, 2.05) is 38.9 Å². The highest BCUT2D eigenvalue weighted by Crippen LogP contribution is 2.30. The Morgan fingerprint density at radius 3 is 2.32 bits per heavy atom. The minimum atomic E-state index is -0.762. The molecule has 2 aromatic carbocycles. The molecule has 3 amide bonds. The smallest absolute Gasteiger partial charge is 0.338 e. The number of amides is 3. The number of ether oxygens (including phenoxy) is 3. The van der Waals surface area contributed by atoms with E-state index < -0.39 is 24.5 Å². The average Bonchev–Trinajstić information content (AvgIpc) is 2.74. The molecule has 0 spiro atoms. The van der Waals surface area contributed by atoms with Crippen LogP contribution in [-0.2, 0) is 9.53 Å². The monoisotopic (exact) mass is 429 g/mol. The van der Waals surface area contributed by atoms with Gasteiger partial charge in [0.25, 0.3) is 5.91 Å². The summed E-state index contributed by atoms with van der Waals surface area (Å²) in [7, 11) is 3.69. The molecule has 0 bridgehead atoms. The number of carbonyl (C=O) groups excluding carboxylic acids is 3. The Morgan fingerprint density at radius 2 is 1.65 bits per heavy atom. The summed E-state index contributed by atoms with van der Waals surface area (Å²) in [6.45, 7) is 3.99. The third-order valence-corrected chi connectivity index (χ3v) is 3.99. The number of urea groups is 1. The maximum Gasteiger partial charge on any atom is 0.338 e. The van der Waals surface area contributed by atoms with Gasteiger partial charge in [-0.1, -0.05) is 6.07 Å². The molecule has 0 aliphatic carbocycles. The molecule has 0 atom stereocenters. The second-order valence-corrected chi connectivity index (χ2v) is 6.55. The van der Waals surface area contributed by atoms with Crippen molar-refractivity contribution in [3.05, 3.63) is 48.0 Å². The van der Waals surface area contributed by atoms with E-state index in [1.165, 1.54) is 0 Å². The molecular weight excluding hydrogens is 402 g/mol. The van der Waals surface area contributed by atoms with Gasteiger partial charge in [-0.05, 0) is 44.2 Å². The number of benzene rings is 2. The predicted octanol–water partition coefficient (Wildman–Crippen LogP) is 3.06. The van der Waals surface area contributed by atoms with Crippen molar-refractivity contribution in [2.75, 3.05) is 44.1 Å². The van der Waals surface area contributed by atoms with E-state index in [9.17, 15) is 14.4 Å². The molecule has 9 nitrogen and oxygen atoms in total. The van der Waals surface area contributed by atoms with Gasteiger partial charge < -0.3 is 24.4 Å². The topological polar surface area (TPSA) is 106 Å². The van der Waals surface area contributed by atoms with E-state index in [0.717, 1.165) is 5.69 Å². The Balaban J connectivity index is 1.88. The van der Waals surface area contributed by atoms with Crippen LogP contribution in [0.3, 0.4) is 0 Å².